The van der Waals surface area contributed by atoms with Crippen LogP contribution in [0.2, 0.25) is 0 Å². The minimum absolute atomic E-state index is 0.0915. The Morgan fingerprint density at radius 3 is 1.51 bits per heavy atom. The van der Waals surface area contributed by atoms with Gasteiger partial charge in [0, 0.05) is 16.9 Å². The van der Waals surface area contributed by atoms with E-state index in [1.165, 1.54) is 14.2 Å². The molecule has 2 heterocycles. The van der Waals surface area contributed by atoms with Crippen molar-refractivity contribution in [2.45, 2.75) is 20.8 Å². The van der Waals surface area contributed by atoms with Gasteiger partial charge in [0.25, 0.3) is 0 Å². The van der Waals surface area contributed by atoms with Crippen LogP contribution in [0.25, 0.3) is 0 Å². The molecule has 41 heavy (non-hydrogen) atoms. The summed E-state index contributed by atoms with van der Waals surface area (Å²) in [6.07, 6.45) is 0. The third-order valence-electron chi connectivity index (χ3n) is 9.34. The van der Waals surface area contributed by atoms with Crippen molar-refractivity contribution in [2.75, 3.05) is 30.6 Å². The summed E-state index contributed by atoms with van der Waals surface area (Å²) in [5.41, 5.74) is -0.0128. The average molecular weight is 559 g/mol. The summed E-state index contributed by atoms with van der Waals surface area (Å²) in [6, 6.07) is 13.1. The number of rotatable bonds is 6. The number of imide groups is 2. The number of ether oxygens (including phenoxy) is 3. The summed E-state index contributed by atoms with van der Waals surface area (Å²) in [4.78, 5) is 72.3. The van der Waals surface area contributed by atoms with E-state index in [9.17, 15) is 24.0 Å². The molecule has 0 unspecified atom stereocenters. The first-order chi connectivity index (χ1) is 19.6. The summed E-state index contributed by atoms with van der Waals surface area (Å²) in [5.74, 6) is -6.15. The first-order valence-corrected chi connectivity index (χ1v) is 13.5. The molecule has 2 saturated heterocycles. The fourth-order valence-electron chi connectivity index (χ4n) is 7.78. The predicted octanol–water partition coefficient (Wildman–Crippen LogP) is 3.14. The molecular weight excluding hydrogens is 528 g/mol. The zero-order valence-electron chi connectivity index (χ0n) is 23.4. The number of esters is 1. The number of anilines is 2. The van der Waals surface area contributed by atoms with Crippen LogP contribution in [-0.4, -0.2) is 50.4 Å². The van der Waals surface area contributed by atoms with Crippen molar-refractivity contribution in [3.63, 3.8) is 0 Å². The molecule has 5 aliphatic rings. The normalized spacial score (nSPS) is 30.1. The summed E-state index contributed by atoms with van der Waals surface area (Å²) in [5, 5.41) is 0. The molecule has 2 aromatic rings. The second kappa shape index (κ2) is 9.29. The molecule has 4 atom stereocenters. The van der Waals surface area contributed by atoms with Crippen LogP contribution in [0, 0.1) is 35.0 Å². The number of benzene rings is 2. The predicted molar refractivity (Wildman–Crippen MR) is 146 cm³/mol. The van der Waals surface area contributed by atoms with Gasteiger partial charge in [-0.3, -0.25) is 29.0 Å². The fraction of sp³-hybridized carbons (Fsp3) is 0.387. The maximum atomic E-state index is 14.2. The Hall–Kier alpha value is -4.47. The highest BCUT2D eigenvalue weighted by molar-refractivity contribution is 6.27. The van der Waals surface area contributed by atoms with Crippen molar-refractivity contribution in [1.82, 2.24) is 0 Å². The van der Waals surface area contributed by atoms with E-state index in [0.717, 1.165) is 9.80 Å². The maximum Gasteiger partial charge on any atom is 0.334 e. The van der Waals surface area contributed by atoms with Gasteiger partial charge in [0.05, 0.1) is 55.9 Å². The standard InChI is InChI=1S/C31H30N2O8/c1-6-41-30(38)23-15(2)20-21-24(28(36)32(26(21)34)16-7-11-18(39-4)12-8-16)31(23,3)25-22(20)27(35)33(29(25)37)17-9-13-19(40-5)14-10-17/h7-14,20-22,24-25H,6H2,1-5H3/t20?,21-,22-,24-,25-,31?/m1/s1. The van der Waals surface area contributed by atoms with Crippen molar-refractivity contribution in [1.29, 1.82) is 0 Å². The number of allylic oxidation sites excluding steroid dienone is 1. The first-order valence-electron chi connectivity index (χ1n) is 13.5. The molecule has 0 aromatic heterocycles. The van der Waals surface area contributed by atoms with Gasteiger partial charge < -0.3 is 14.2 Å². The number of carbonyl (C=O) groups is 5. The van der Waals surface area contributed by atoms with E-state index in [2.05, 4.69) is 0 Å². The van der Waals surface area contributed by atoms with Crippen LogP contribution in [-0.2, 0) is 28.7 Å². The van der Waals surface area contributed by atoms with Gasteiger partial charge in [-0.15, -0.1) is 0 Å². The second-order valence-corrected chi connectivity index (χ2v) is 11.0. The van der Waals surface area contributed by atoms with Gasteiger partial charge >= 0.3 is 5.97 Å². The van der Waals surface area contributed by atoms with Crippen LogP contribution in [0.4, 0.5) is 11.4 Å². The SMILES string of the molecule is CCOC(=O)C1=C(C)C2[C@H]3C(=O)N(c4ccc(OC)cc4)C(=O)[C@@H]3C1(C)[C@H]1C(=O)N(c3ccc(OC)cc3)C(=O)[C@H]21. The molecule has 2 bridgehead atoms. The number of carbonyl (C=O) groups excluding carboxylic acids is 5. The van der Waals surface area contributed by atoms with E-state index in [1.54, 1.807) is 69.3 Å². The molecule has 2 aromatic carbocycles. The Balaban J connectivity index is 1.51. The lowest BCUT2D eigenvalue weighted by molar-refractivity contribution is -0.155. The van der Waals surface area contributed by atoms with E-state index in [4.69, 9.17) is 14.2 Å². The number of methoxy groups -OCH3 is 2. The van der Waals surface area contributed by atoms with E-state index in [0.29, 0.717) is 28.4 Å². The summed E-state index contributed by atoms with van der Waals surface area (Å²) < 4.78 is 15.9. The average Bonchev–Trinajstić information content (AvgIpc) is 3.39. The third-order valence-corrected chi connectivity index (χ3v) is 9.34. The molecule has 4 amide bonds. The summed E-state index contributed by atoms with van der Waals surface area (Å²) in [7, 11) is 3.03. The van der Waals surface area contributed by atoms with Crippen molar-refractivity contribution in [2.24, 2.45) is 35.0 Å². The molecular formula is C31H30N2O8. The van der Waals surface area contributed by atoms with E-state index < -0.39 is 64.6 Å². The molecule has 10 nitrogen and oxygen atoms in total. The van der Waals surface area contributed by atoms with Crippen LogP contribution in [0.5, 0.6) is 11.5 Å². The molecule has 3 aliphatic carbocycles. The molecule has 7 rings (SSSR count). The minimum Gasteiger partial charge on any atom is -0.497 e. The van der Waals surface area contributed by atoms with Crippen molar-refractivity contribution < 1.29 is 38.2 Å². The van der Waals surface area contributed by atoms with Gasteiger partial charge in [-0.05, 0) is 62.4 Å². The number of hydrogen-bond donors (Lipinski definition) is 0. The van der Waals surface area contributed by atoms with Crippen molar-refractivity contribution >= 4 is 41.0 Å². The second-order valence-electron chi connectivity index (χ2n) is 11.0. The highest BCUT2D eigenvalue weighted by Crippen LogP contribution is 2.68. The maximum absolute atomic E-state index is 14.2. The topological polar surface area (TPSA) is 120 Å². The smallest absolute Gasteiger partial charge is 0.334 e. The summed E-state index contributed by atoms with van der Waals surface area (Å²) in [6.45, 7) is 5.14. The molecule has 1 saturated carbocycles. The quantitative estimate of drug-likeness (QED) is 0.392. The monoisotopic (exact) mass is 558 g/mol. The summed E-state index contributed by atoms with van der Waals surface area (Å²) >= 11 is 0. The highest BCUT2D eigenvalue weighted by atomic mass is 16.5. The number of hydrogen-bond acceptors (Lipinski definition) is 8. The largest absolute Gasteiger partial charge is 0.497 e. The third kappa shape index (κ3) is 3.39. The number of nitrogens with zero attached hydrogens (tertiary/aromatic N) is 2. The van der Waals surface area contributed by atoms with E-state index in [1.807, 2.05) is 0 Å². The molecule has 0 N–H and O–H groups in total. The Bertz CT molecular complexity index is 1430. The lowest BCUT2D eigenvalue weighted by atomic mass is 9.43. The van der Waals surface area contributed by atoms with E-state index in [-0.39, 0.29) is 12.2 Å². The van der Waals surface area contributed by atoms with Gasteiger partial charge in [-0.25, -0.2) is 4.79 Å². The first kappa shape index (κ1) is 26.7. The molecule has 0 spiro atoms. The Kier molecular flexibility index (Phi) is 6.06. The van der Waals surface area contributed by atoms with Crippen molar-refractivity contribution in [3.05, 3.63) is 59.7 Å². The fourth-order valence-corrected chi connectivity index (χ4v) is 7.78. The molecule has 3 fully saturated rings. The lowest BCUT2D eigenvalue weighted by Crippen LogP contribution is -2.61. The zero-order chi connectivity index (χ0) is 29.4. The molecule has 10 heteroatoms. The Morgan fingerprint density at radius 2 is 1.15 bits per heavy atom. The van der Waals surface area contributed by atoms with Crippen LogP contribution in [0.15, 0.2) is 59.7 Å². The van der Waals surface area contributed by atoms with Gasteiger partial charge in [0.15, 0.2) is 0 Å². The lowest BCUT2D eigenvalue weighted by Gasteiger charge is -2.55. The molecule has 2 aliphatic heterocycles. The minimum atomic E-state index is -1.46. The van der Waals surface area contributed by atoms with Crippen LogP contribution < -0.4 is 19.3 Å². The Labute approximate surface area is 236 Å². The highest BCUT2D eigenvalue weighted by Gasteiger charge is 2.77. The number of amides is 4. The van der Waals surface area contributed by atoms with Crippen molar-refractivity contribution in [3.8, 4) is 11.5 Å². The van der Waals surface area contributed by atoms with Crippen LogP contribution in [0.1, 0.15) is 20.8 Å². The van der Waals surface area contributed by atoms with Crippen LogP contribution in [0.3, 0.4) is 0 Å². The zero-order valence-corrected chi connectivity index (χ0v) is 23.4. The van der Waals surface area contributed by atoms with Crippen LogP contribution >= 0.6 is 0 Å². The van der Waals surface area contributed by atoms with Gasteiger partial charge in [0.1, 0.15) is 11.5 Å². The van der Waals surface area contributed by atoms with Gasteiger partial charge in [-0.2, -0.15) is 0 Å². The molecule has 212 valence electrons. The van der Waals surface area contributed by atoms with E-state index >= 15 is 0 Å². The van der Waals surface area contributed by atoms with Gasteiger partial charge in [-0.1, -0.05) is 12.5 Å². The molecule has 0 radical (unpaired) electrons. The van der Waals surface area contributed by atoms with Gasteiger partial charge in [0.2, 0.25) is 23.6 Å². The Morgan fingerprint density at radius 1 is 0.732 bits per heavy atom.